The van der Waals surface area contributed by atoms with E-state index in [4.69, 9.17) is 4.74 Å². The van der Waals surface area contributed by atoms with Crippen LogP contribution in [0, 0.1) is 10.1 Å². The summed E-state index contributed by atoms with van der Waals surface area (Å²) in [6.07, 6.45) is 1.51. The van der Waals surface area contributed by atoms with Crippen LogP contribution in [0.5, 0.6) is 0 Å². The van der Waals surface area contributed by atoms with E-state index in [1.807, 2.05) is 47.8 Å². The van der Waals surface area contributed by atoms with Crippen LogP contribution in [0.3, 0.4) is 0 Å². The molecular weight excluding hydrogens is 488 g/mol. The van der Waals surface area contributed by atoms with Crippen LogP contribution in [-0.4, -0.2) is 23.3 Å². The van der Waals surface area contributed by atoms with E-state index in [1.165, 1.54) is 12.1 Å². The van der Waals surface area contributed by atoms with Crippen molar-refractivity contribution in [2.45, 2.75) is 38.0 Å². The molecule has 2 heterocycles. The number of esters is 1. The fourth-order valence-corrected chi connectivity index (χ4v) is 6.00. The van der Waals surface area contributed by atoms with Crippen LogP contribution in [0.1, 0.15) is 47.6 Å². The number of ketones is 1. The van der Waals surface area contributed by atoms with Gasteiger partial charge in [-0.05, 0) is 35.9 Å². The summed E-state index contributed by atoms with van der Waals surface area (Å²) in [6.45, 7) is 1.97. The molecule has 2 atom stereocenters. The molecule has 8 heteroatoms. The number of nitrogens with zero attached hydrogens (tertiary/aromatic N) is 1. The first-order valence-electron chi connectivity index (χ1n) is 12.1. The molecule has 5 rings (SSSR count). The minimum atomic E-state index is -0.739. The first-order valence-corrected chi connectivity index (χ1v) is 13.0. The number of nitro benzene ring substituents is 1. The third-order valence-corrected chi connectivity index (χ3v) is 7.91. The monoisotopic (exact) mass is 514 g/mol. The van der Waals surface area contributed by atoms with Gasteiger partial charge >= 0.3 is 5.97 Å². The Morgan fingerprint density at radius 2 is 1.92 bits per heavy atom. The number of nitrogens with one attached hydrogen (secondary N) is 1. The van der Waals surface area contributed by atoms with E-state index in [9.17, 15) is 19.7 Å². The van der Waals surface area contributed by atoms with Gasteiger partial charge in [-0.15, -0.1) is 11.3 Å². The number of hydrogen-bond donors (Lipinski definition) is 1. The molecule has 1 aromatic heterocycles. The maximum atomic E-state index is 13.6. The van der Waals surface area contributed by atoms with Gasteiger partial charge in [0.05, 0.1) is 17.1 Å². The lowest BCUT2D eigenvalue weighted by Gasteiger charge is -2.36. The molecule has 1 aliphatic heterocycles. The number of rotatable bonds is 7. The SMILES string of the molecule is CC1=C(C(=O)OCCc2ccccc2)C(c2cccc([N+](=O)[O-])c2)C2=C(CC(c3cccs3)CC2=O)N1. The molecule has 3 aromatic rings. The standard InChI is InChI=1S/C29H26N2O5S/c1-18-26(29(33)36-13-12-19-7-3-2-4-8-19)27(20-9-5-10-22(15-20)31(34)35)28-23(30-18)16-21(17-24(28)32)25-11-6-14-37-25/h2-11,14-15,21,27,30H,12-13,16-17H2,1H3. The highest BCUT2D eigenvalue weighted by Crippen LogP contribution is 2.46. The van der Waals surface area contributed by atoms with Crippen LogP contribution in [-0.2, 0) is 20.7 Å². The average Bonchev–Trinajstić information content (AvgIpc) is 3.43. The molecule has 1 N–H and O–H groups in total. The van der Waals surface area contributed by atoms with E-state index >= 15 is 0 Å². The number of hydrogen-bond acceptors (Lipinski definition) is 7. The third kappa shape index (κ3) is 5.11. The smallest absolute Gasteiger partial charge is 0.336 e. The summed E-state index contributed by atoms with van der Waals surface area (Å²) in [4.78, 5) is 39.3. The molecule has 2 unspecified atom stereocenters. The molecule has 188 valence electrons. The topological polar surface area (TPSA) is 98.5 Å². The predicted octanol–water partition coefficient (Wildman–Crippen LogP) is 5.80. The number of allylic oxidation sites excluding steroid dienone is 3. The number of ether oxygens (including phenoxy) is 1. The van der Waals surface area contributed by atoms with Gasteiger partial charge in [-0.2, -0.15) is 0 Å². The van der Waals surface area contributed by atoms with Crippen LogP contribution >= 0.6 is 11.3 Å². The van der Waals surface area contributed by atoms with Gasteiger partial charge in [-0.25, -0.2) is 4.79 Å². The van der Waals surface area contributed by atoms with E-state index in [0.29, 0.717) is 41.7 Å². The maximum Gasteiger partial charge on any atom is 0.336 e. The van der Waals surface area contributed by atoms with Gasteiger partial charge in [0.15, 0.2) is 5.78 Å². The summed E-state index contributed by atoms with van der Waals surface area (Å²) < 4.78 is 5.68. The van der Waals surface area contributed by atoms with Gasteiger partial charge in [-0.3, -0.25) is 14.9 Å². The molecule has 0 saturated heterocycles. The molecule has 7 nitrogen and oxygen atoms in total. The van der Waals surface area contributed by atoms with Crippen molar-refractivity contribution in [2.75, 3.05) is 6.61 Å². The van der Waals surface area contributed by atoms with Crippen molar-refractivity contribution in [1.82, 2.24) is 5.32 Å². The fraction of sp³-hybridized carbons (Fsp3) is 0.241. The maximum absolute atomic E-state index is 13.6. The average molecular weight is 515 g/mol. The lowest BCUT2D eigenvalue weighted by Crippen LogP contribution is -2.36. The first-order chi connectivity index (χ1) is 17.9. The van der Waals surface area contributed by atoms with Crippen LogP contribution in [0.15, 0.2) is 94.7 Å². The molecule has 0 radical (unpaired) electrons. The Balaban J connectivity index is 1.50. The Hall–Kier alpha value is -4.04. The Kier molecular flexibility index (Phi) is 7.01. The number of benzene rings is 2. The third-order valence-electron chi connectivity index (χ3n) is 6.87. The summed E-state index contributed by atoms with van der Waals surface area (Å²) in [5.41, 5.74) is 3.66. The molecular formula is C29H26N2O5S. The summed E-state index contributed by atoms with van der Waals surface area (Å²) >= 11 is 1.62. The van der Waals surface area contributed by atoms with Gasteiger partial charge < -0.3 is 10.1 Å². The van der Waals surface area contributed by atoms with Gasteiger partial charge in [0.25, 0.3) is 5.69 Å². The second kappa shape index (κ2) is 10.5. The number of carbonyl (C=O) groups excluding carboxylic acids is 2. The highest BCUT2D eigenvalue weighted by Gasteiger charge is 2.42. The summed E-state index contributed by atoms with van der Waals surface area (Å²) in [5, 5.41) is 16.8. The zero-order valence-corrected chi connectivity index (χ0v) is 21.1. The molecule has 0 saturated carbocycles. The molecule has 0 fully saturated rings. The van der Waals surface area contributed by atoms with Crippen molar-refractivity contribution in [2.24, 2.45) is 0 Å². The molecule has 0 amide bonds. The Labute approximate surface area is 218 Å². The zero-order chi connectivity index (χ0) is 25.9. The number of Topliss-reactive ketones (excluding diaryl/α,β-unsaturated/α-hetero) is 1. The van der Waals surface area contributed by atoms with E-state index < -0.39 is 16.8 Å². The molecule has 2 aromatic carbocycles. The largest absolute Gasteiger partial charge is 0.462 e. The van der Waals surface area contributed by atoms with Gasteiger partial charge in [-0.1, -0.05) is 48.5 Å². The van der Waals surface area contributed by atoms with E-state index in [-0.39, 0.29) is 24.0 Å². The number of nitro groups is 1. The minimum Gasteiger partial charge on any atom is -0.462 e. The fourth-order valence-electron chi connectivity index (χ4n) is 5.17. The lowest BCUT2D eigenvalue weighted by molar-refractivity contribution is -0.384. The second-order valence-corrected chi connectivity index (χ2v) is 10.2. The van der Waals surface area contributed by atoms with Crippen LogP contribution in [0.25, 0.3) is 0 Å². The Bertz CT molecular complexity index is 1410. The normalized spacial score (nSPS) is 19.3. The second-order valence-electron chi connectivity index (χ2n) is 9.26. The van der Waals surface area contributed by atoms with E-state index in [2.05, 4.69) is 5.32 Å². The molecule has 2 aliphatic rings. The number of carbonyl (C=O) groups is 2. The van der Waals surface area contributed by atoms with Crippen LogP contribution < -0.4 is 5.32 Å². The number of thiophene rings is 1. The van der Waals surface area contributed by atoms with Crippen LogP contribution in [0.2, 0.25) is 0 Å². The molecule has 1 aliphatic carbocycles. The van der Waals surface area contributed by atoms with Gasteiger partial charge in [0, 0.05) is 58.7 Å². The number of non-ortho nitro benzene ring substituents is 1. The van der Waals surface area contributed by atoms with Crippen molar-refractivity contribution >= 4 is 28.8 Å². The molecule has 0 bridgehead atoms. The van der Waals surface area contributed by atoms with Crippen LogP contribution in [0.4, 0.5) is 5.69 Å². The van der Waals surface area contributed by atoms with Crippen molar-refractivity contribution in [3.05, 3.63) is 121 Å². The highest BCUT2D eigenvalue weighted by atomic mass is 32.1. The molecule has 37 heavy (non-hydrogen) atoms. The summed E-state index contributed by atoms with van der Waals surface area (Å²) in [7, 11) is 0. The predicted molar refractivity (Wildman–Crippen MR) is 141 cm³/mol. The highest BCUT2D eigenvalue weighted by molar-refractivity contribution is 7.10. The minimum absolute atomic E-state index is 0.0525. The van der Waals surface area contributed by atoms with Crippen molar-refractivity contribution in [3.8, 4) is 0 Å². The van der Waals surface area contributed by atoms with Crippen molar-refractivity contribution in [1.29, 1.82) is 0 Å². The Morgan fingerprint density at radius 1 is 1.11 bits per heavy atom. The van der Waals surface area contributed by atoms with E-state index in [0.717, 1.165) is 16.1 Å². The van der Waals surface area contributed by atoms with E-state index in [1.54, 1.807) is 30.4 Å². The molecule has 0 spiro atoms. The quantitative estimate of drug-likeness (QED) is 0.243. The van der Waals surface area contributed by atoms with Gasteiger partial charge in [0.1, 0.15) is 0 Å². The van der Waals surface area contributed by atoms with Crippen molar-refractivity contribution < 1.29 is 19.2 Å². The van der Waals surface area contributed by atoms with Gasteiger partial charge in [0.2, 0.25) is 0 Å². The first kappa shape index (κ1) is 24.6. The summed E-state index contributed by atoms with van der Waals surface area (Å²) in [6, 6.07) is 19.9. The Morgan fingerprint density at radius 3 is 2.65 bits per heavy atom. The van der Waals surface area contributed by atoms with Crippen molar-refractivity contribution in [3.63, 3.8) is 0 Å². The zero-order valence-electron chi connectivity index (χ0n) is 20.3. The number of dihydropyridines is 1. The summed E-state index contributed by atoms with van der Waals surface area (Å²) in [5.74, 6) is -1.28. The lowest BCUT2D eigenvalue weighted by atomic mass is 9.72.